The van der Waals surface area contributed by atoms with Crippen LogP contribution < -0.4 is 5.32 Å². The molecule has 2 N–H and O–H groups in total. The summed E-state index contributed by atoms with van der Waals surface area (Å²) in [6, 6.07) is 3.47. The summed E-state index contributed by atoms with van der Waals surface area (Å²) in [6.45, 7) is 3.79. The molecule has 2 heterocycles. The van der Waals surface area contributed by atoms with E-state index in [1.807, 2.05) is 0 Å². The van der Waals surface area contributed by atoms with Crippen LogP contribution in [0.4, 0.5) is 0 Å². The van der Waals surface area contributed by atoms with Crippen molar-refractivity contribution in [2.75, 3.05) is 26.2 Å². The third kappa shape index (κ3) is 4.47. The minimum absolute atomic E-state index is 0.0934. The second kappa shape index (κ2) is 7.21. The molecule has 0 bridgehead atoms. The van der Waals surface area contributed by atoms with Crippen molar-refractivity contribution < 1.29 is 14.7 Å². The summed E-state index contributed by atoms with van der Waals surface area (Å²) in [5.74, 6) is -1.08. The highest BCUT2D eigenvalue weighted by molar-refractivity contribution is 7.14. The van der Waals surface area contributed by atoms with Gasteiger partial charge in [-0.15, -0.1) is 11.3 Å². The van der Waals surface area contributed by atoms with Crippen LogP contribution in [0.3, 0.4) is 0 Å². The Kier molecular flexibility index (Phi) is 5.31. The van der Waals surface area contributed by atoms with Crippen molar-refractivity contribution in [2.24, 2.45) is 0 Å². The van der Waals surface area contributed by atoms with Crippen molar-refractivity contribution in [1.29, 1.82) is 0 Å². The number of rotatable bonds is 6. The highest BCUT2D eigenvalue weighted by atomic mass is 32.1. The minimum Gasteiger partial charge on any atom is -0.478 e. The molecule has 6 heteroatoms. The van der Waals surface area contributed by atoms with Gasteiger partial charge in [0.05, 0.1) is 4.88 Å². The van der Waals surface area contributed by atoms with Crippen molar-refractivity contribution in [3.8, 4) is 0 Å². The SMILES string of the molecule is O=C(O)C=Cc1ccc(C(=O)NCCN2CCCC2)s1. The maximum absolute atomic E-state index is 11.9. The molecule has 0 unspecified atom stereocenters. The smallest absolute Gasteiger partial charge is 0.328 e. The number of carbonyl (C=O) groups excluding carboxylic acids is 1. The third-order valence-corrected chi connectivity index (χ3v) is 4.20. The molecule has 1 aromatic rings. The van der Waals surface area contributed by atoms with Crippen LogP contribution in [0.2, 0.25) is 0 Å². The van der Waals surface area contributed by atoms with Gasteiger partial charge in [0.2, 0.25) is 0 Å². The molecule has 0 spiro atoms. The highest BCUT2D eigenvalue weighted by Crippen LogP contribution is 2.17. The number of nitrogens with zero attached hydrogens (tertiary/aromatic N) is 1. The number of likely N-dealkylation sites (tertiary alicyclic amines) is 1. The summed E-state index contributed by atoms with van der Waals surface area (Å²) >= 11 is 1.29. The van der Waals surface area contributed by atoms with Gasteiger partial charge in [-0.25, -0.2) is 4.79 Å². The standard InChI is InChI=1S/C14H18N2O3S/c17-13(18)6-4-11-3-5-12(20-11)14(19)15-7-10-16-8-1-2-9-16/h3-6H,1-2,7-10H2,(H,15,19)(H,17,18). The summed E-state index contributed by atoms with van der Waals surface area (Å²) in [6.07, 6.45) is 5.06. The lowest BCUT2D eigenvalue weighted by atomic mass is 10.4. The molecule has 2 rings (SSSR count). The van der Waals surface area contributed by atoms with E-state index in [1.165, 1.54) is 30.3 Å². The van der Waals surface area contributed by atoms with Gasteiger partial charge in [0, 0.05) is 24.0 Å². The number of carbonyl (C=O) groups is 2. The van der Waals surface area contributed by atoms with Gasteiger partial charge in [0.25, 0.3) is 5.91 Å². The van der Waals surface area contributed by atoms with Crippen LogP contribution in [0, 0.1) is 0 Å². The number of aliphatic carboxylic acids is 1. The van der Waals surface area contributed by atoms with Crippen LogP contribution in [0.1, 0.15) is 27.4 Å². The first-order valence-electron chi connectivity index (χ1n) is 6.66. The molecule has 1 saturated heterocycles. The quantitative estimate of drug-likeness (QED) is 0.783. The van der Waals surface area contributed by atoms with Crippen LogP contribution in [-0.4, -0.2) is 48.1 Å². The van der Waals surface area contributed by atoms with Gasteiger partial charge in [-0.05, 0) is 44.1 Å². The Labute approximate surface area is 121 Å². The minimum atomic E-state index is -0.991. The molecule has 1 amide bonds. The molecular formula is C14H18N2O3S. The van der Waals surface area contributed by atoms with E-state index in [-0.39, 0.29) is 5.91 Å². The van der Waals surface area contributed by atoms with Gasteiger partial charge in [0.1, 0.15) is 0 Å². The third-order valence-electron chi connectivity index (χ3n) is 3.15. The number of carboxylic acid groups (broad SMARTS) is 1. The molecule has 0 aromatic carbocycles. The monoisotopic (exact) mass is 294 g/mol. The summed E-state index contributed by atoms with van der Waals surface area (Å²) in [5, 5.41) is 11.4. The molecule has 0 radical (unpaired) electrons. The zero-order valence-electron chi connectivity index (χ0n) is 11.2. The first kappa shape index (κ1) is 14.7. The Balaban J connectivity index is 1.78. The topological polar surface area (TPSA) is 69.6 Å². The Morgan fingerprint density at radius 3 is 2.80 bits per heavy atom. The Bertz CT molecular complexity index is 504. The van der Waals surface area contributed by atoms with Gasteiger partial charge in [0.15, 0.2) is 0 Å². The van der Waals surface area contributed by atoms with Crippen LogP contribution in [0.25, 0.3) is 6.08 Å². The fourth-order valence-corrected chi connectivity index (χ4v) is 2.97. The van der Waals surface area contributed by atoms with Gasteiger partial charge >= 0.3 is 5.97 Å². The summed E-state index contributed by atoms with van der Waals surface area (Å²) in [5.41, 5.74) is 0. The van der Waals surface area contributed by atoms with E-state index in [2.05, 4.69) is 10.2 Å². The normalized spacial score (nSPS) is 15.8. The van der Waals surface area contributed by atoms with Crippen LogP contribution in [0.15, 0.2) is 18.2 Å². The van der Waals surface area contributed by atoms with Gasteiger partial charge in [-0.1, -0.05) is 0 Å². The molecule has 0 aliphatic carbocycles. The summed E-state index contributed by atoms with van der Waals surface area (Å²) in [4.78, 5) is 26.0. The maximum Gasteiger partial charge on any atom is 0.328 e. The van der Waals surface area contributed by atoms with E-state index in [0.717, 1.165) is 30.6 Å². The Hall–Kier alpha value is -1.66. The molecule has 1 fully saturated rings. The number of hydrogen-bond acceptors (Lipinski definition) is 4. The lowest BCUT2D eigenvalue weighted by Gasteiger charge is -2.14. The Morgan fingerprint density at radius 1 is 1.35 bits per heavy atom. The first-order valence-corrected chi connectivity index (χ1v) is 7.48. The lowest BCUT2D eigenvalue weighted by Crippen LogP contribution is -2.33. The van der Waals surface area contributed by atoms with E-state index in [9.17, 15) is 9.59 Å². The van der Waals surface area contributed by atoms with Crippen molar-refractivity contribution in [1.82, 2.24) is 10.2 Å². The number of nitrogens with one attached hydrogen (secondary N) is 1. The number of carboxylic acids is 1. The average molecular weight is 294 g/mol. The second-order valence-corrected chi connectivity index (χ2v) is 5.79. The van der Waals surface area contributed by atoms with Crippen molar-refractivity contribution >= 4 is 29.3 Å². The van der Waals surface area contributed by atoms with E-state index in [4.69, 9.17) is 5.11 Å². The molecule has 1 aromatic heterocycles. The van der Waals surface area contributed by atoms with E-state index < -0.39 is 5.97 Å². The number of thiophene rings is 1. The van der Waals surface area contributed by atoms with E-state index in [0.29, 0.717) is 11.4 Å². The second-order valence-electron chi connectivity index (χ2n) is 4.68. The van der Waals surface area contributed by atoms with E-state index >= 15 is 0 Å². The predicted octanol–water partition coefficient (Wildman–Crippen LogP) is 1.67. The van der Waals surface area contributed by atoms with Gasteiger partial charge in [-0.2, -0.15) is 0 Å². The number of amides is 1. The van der Waals surface area contributed by atoms with Crippen molar-refractivity contribution in [3.63, 3.8) is 0 Å². The average Bonchev–Trinajstić information content (AvgIpc) is 3.07. The molecule has 0 saturated carbocycles. The van der Waals surface area contributed by atoms with Crippen LogP contribution in [0.5, 0.6) is 0 Å². The summed E-state index contributed by atoms with van der Waals surface area (Å²) < 4.78 is 0. The molecule has 0 atom stereocenters. The first-order chi connectivity index (χ1) is 9.65. The molecule has 20 heavy (non-hydrogen) atoms. The van der Waals surface area contributed by atoms with Gasteiger partial charge in [-0.3, -0.25) is 4.79 Å². The fourth-order valence-electron chi connectivity index (χ4n) is 2.14. The van der Waals surface area contributed by atoms with Crippen LogP contribution >= 0.6 is 11.3 Å². The zero-order chi connectivity index (χ0) is 14.4. The Morgan fingerprint density at radius 2 is 2.10 bits per heavy atom. The predicted molar refractivity (Wildman–Crippen MR) is 79.0 cm³/mol. The zero-order valence-corrected chi connectivity index (χ0v) is 12.0. The van der Waals surface area contributed by atoms with Crippen LogP contribution in [-0.2, 0) is 4.79 Å². The maximum atomic E-state index is 11.9. The molecule has 1 aliphatic rings. The lowest BCUT2D eigenvalue weighted by molar-refractivity contribution is -0.131. The number of hydrogen-bond donors (Lipinski definition) is 2. The molecule has 1 aliphatic heterocycles. The largest absolute Gasteiger partial charge is 0.478 e. The molecule has 5 nitrogen and oxygen atoms in total. The summed E-state index contributed by atoms with van der Waals surface area (Å²) in [7, 11) is 0. The van der Waals surface area contributed by atoms with Crippen molar-refractivity contribution in [3.05, 3.63) is 28.0 Å². The van der Waals surface area contributed by atoms with Crippen molar-refractivity contribution in [2.45, 2.75) is 12.8 Å². The highest BCUT2D eigenvalue weighted by Gasteiger charge is 2.12. The fraction of sp³-hybridized carbons (Fsp3) is 0.429. The molecular weight excluding hydrogens is 276 g/mol. The van der Waals surface area contributed by atoms with Gasteiger partial charge < -0.3 is 15.3 Å². The molecule has 108 valence electrons. The van der Waals surface area contributed by atoms with E-state index in [1.54, 1.807) is 12.1 Å².